The molecule has 0 radical (unpaired) electrons. The second-order valence-corrected chi connectivity index (χ2v) is 4.04. The third-order valence-corrected chi connectivity index (χ3v) is 2.16. The average Bonchev–Trinajstić information content (AvgIpc) is 2.26. The smallest absolute Gasteiger partial charge is 0.231 e. The van der Waals surface area contributed by atoms with Gasteiger partial charge in [-0.15, -0.1) is 0 Å². The fraction of sp³-hybridized carbons (Fsp3) is 0.700. The number of nitrogens with zero attached hydrogens (tertiary/aromatic N) is 4. The molecule has 7 heteroatoms. The lowest BCUT2D eigenvalue weighted by Crippen LogP contribution is -2.22. The fourth-order valence-electron chi connectivity index (χ4n) is 1.30. The largest absolute Gasteiger partial charge is 0.391 e. The SMILES string of the molecule is CCCC(O)CNc1nc(N)nc(N(C)C)n1. The lowest BCUT2D eigenvalue weighted by atomic mass is 10.2. The Kier molecular flexibility index (Phi) is 4.89. The predicted octanol–water partition coefficient (Wildman–Crippen LogP) is 0.0927. The molecule has 0 saturated carbocycles. The van der Waals surface area contributed by atoms with E-state index in [0.717, 1.165) is 12.8 Å². The van der Waals surface area contributed by atoms with Gasteiger partial charge in [0.05, 0.1) is 6.10 Å². The van der Waals surface area contributed by atoms with Gasteiger partial charge in [0, 0.05) is 20.6 Å². The molecule has 0 aliphatic heterocycles. The minimum Gasteiger partial charge on any atom is -0.391 e. The maximum atomic E-state index is 9.58. The van der Waals surface area contributed by atoms with Crippen molar-refractivity contribution in [2.45, 2.75) is 25.9 Å². The van der Waals surface area contributed by atoms with Gasteiger partial charge >= 0.3 is 0 Å². The molecule has 1 aromatic rings. The lowest BCUT2D eigenvalue weighted by Gasteiger charge is -2.13. The first-order valence-corrected chi connectivity index (χ1v) is 5.63. The predicted molar refractivity (Wildman–Crippen MR) is 68.0 cm³/mol. The van der Waals surface area contributed by atoms with Crippen LogP contribution in [0.5, 0.6) is 0 Å². The van der Waals surface area contributed by atoms with Crippen LogP contribution < -0.4 is 16.0 Å². The number of hydrogen-bond donors (Lipinski definition) is 3. The van der Waals surface area contributed by atoms with E-state index in [1.807, 2.05) is 21.0 Å². The van der Waals surface area contributed by atoms with Crippen LogP contribution in [-0.2, 0) is 0 Å². The Morgan fingerprint density at radius 2 is 2.06 bits per heavy atom. The summed E-state index contributed by atoms with van der Waals surface area (Å²) in [4.78, 5) is 13.8. The molecular formula is C10H20N6O. The van der Waals surface area contributed by atoms with Crippen LogP contribution in [0.15, 0.2) is 0 Å². The van der Waals surface area contributed by atoms with E-state index in [1.165, 1.54) is 0 Å². The van der Waals surface area contributed by atoms with Gasteiger partial charge in [0.25, 0.3) is 0 Å². The van der Waals surface area contributed by atoms with Gasteiger partial charge in [0.15, 0.2) is 0 Å². The molecule has 17 heavy (non-hydrogen) atoms. The van der Waals surface area contributed by atoms with E-state index in [9.17, 15) is 5.11 Å². The highest BCUT2D eigenvalue weighted by Gasteiger charge is 2.07. The van der Waals surface area contributed by atoms with E-state index in [-0.39, 0.29) is 5.95 Å². The standard InChI is InChI=1S/C10H20N6O/c1-4-5-7(17)6-12-9-13-8(11)14-10(15-9)16(2)3/h7,17H,4-6H2,1-3H3,(H3,11,12,13,14,15). The molecule has 0 bridgehead atoms. The topological polar surface area (TPSA) is 100 Å². The lowest BCUT2D eigenvalue weighted by molar-refractivity contribution is 0.176. The normalized spacial score (nSPS) is 12.2. The molecule has 1 aromatic heterocycles. The second-order valence-electron chi connectivity index (χ2n) is 4.04. The highest BCUT2D eigenvalue weighted by molar-refractivity contribution is 5.40. The van der Waals surface area contributed by atoms with Crippen LogP contribution in [0.25, 0.3) is 0 Å². The molecule has 0 aliphatic rings. The molecule has 0 spiro atoms. The van der Waals surface area contributed by atoms with Gasteiger partial charge in [0.1, 0.15) is 0 Å². The molecule has 7 nitrogen and oxygen atoms in total. The number of nitrogens with one attached hydrogen (secondary N) is 1. The van der Waals surface area contributed by atoms with Crippen molar-refractivity contribution in [3.63, 3.8) is 0 Å². The highest BCUT2D eigenvalue weighted by Crippen LogP contribution is 2.09. The number of aromatic nitrogens is 3. The summed E-state index contributed by atoms with van der Waals surface area (Å²) in [5.41, 5.74) is 5.57. The van der Waals surface area contributed by atoms with Crippen molar-refractivity contribution in [3.8, 4) is 0 Å². The molecule has 0 aromatic carbocycles. The summed E-state index contributed by atoms with van der Waals surface area (Å²) >= 11 is 0. The maximum Gasteiger partial charge on any atom is 0.231 e. The summed E-state index contributed by atoms with van der Waals surface area (Å²) in [6.07, 6.45) is 1.28. The number of anilines is 3. The zero-order valence-electron chi connectivity index (χ0n) is 10.5. The Morgan fingerprint density at radius 1 is 1.35 bits per heavy atom. The van der Waals surface area contributed by atoms with Crippen molar-refractivity contribution in [1.82, 2.24) is 15.0 Å². The van der Waals surface area contributed by atoms with E-state index < -0.39 is 6.10 Å². The van der Waals surface area contributed by atoms with Crippen LogP contribution in [0.1, 0.15) is 19.8 Å². The summed E-state index contributed by atoms with van der Waals surface area (Å²) in [6, 6.07) is 0. The van der Waals surface area contributed by atoms with Gasteiger partial charge in [-0.05, 0) is 6.42 Å². The molecule has 4 N–H and O–H groups in total. The molecule has 1 unspecified atom stereocenters. The van der Waals surface area contributed by atoms with Gasteiger partial charge in [-0.25, -0.2) is 0 Å². The van der Waals surface area contributed by atoms with Crippen LogP contribution in [0.4, 0.5) is 17.8 Å². The number of nitrogens with two attached hydrogens (primary N) is 1. The van der Waals surface area contributed by atoms with Crippen molar-refractivity contribution in [2.24, 2.45) is 0 Å². The van der Waals surface area contributed by atoms with Crippen molar-refractivity contribution in [2.75, 3.05) is 36.6 Å². The number of rotatable bonds is 6. The van der Waals surface area contributed by atoms with E-state index >= 15 is 0 Å². The molecule has 0 fully saturated rings. The Balaban J connectivity index is 2.64. The van der Waals surface area contributed by atoms with Gasteiger partial charge < -0.3 is 21.1 Å². The third-order valence-electron chi connectivity index (χ3n) is 2.16. The minimum atomic E-state index is -0.402. The van der Waals surface area contributed by atoms with Crippen molar-refractivity contribution >= 4 is 17.8 Å². The van der Waals surface area contributed by atoms with Gasteiger partial charge in [-0.1, -0.05) is 13.3 Å². The average molecular weight is 240 g/mol. The zero-order valence-corrected chi connectivity index (χ0v) is 10.5. The molecule has 1 rings (SSSR count). The number of aliphatic hydroxyl groups is 1. The van der Waals surface area contributed by atoms with Crippen LogP contribution in [0.2, 0.25) is 0 Å². The third kappa shape index (κ3) is 4.39. The molecule has 96 valence electrons. The molecular weight excluding hydrogens is 220 g/mol. The molecule has 0 amide bonds. The van der Waals surface area contributed by atoms with Crippen molar-refractivity contribution < 1.29 is 5.11 Å². The van der Waals surface area contributed by atoms with Crippen LogP contribution >= 0.6 is 0 Å². The molecule has 0 saturated heterocycles. The van der Waals surface area contributed by atoms with Crippen LogP contribution in [0, 0.1) is 0 Å². The van der Waals surface area contributed by atoms with E-state index in [0.29, 0.717) is 18.4 Å². The van der Waals surface area contributed by atoms with Crippen LogP contribution in [0.3, 0.4) is 0 Å². The monoisotopic (exact) mass is 240 g/mol. The minimum absolute atomic E-state index is 0.163. The molecule has 0 aliphatic carbocycles. The summed E-state index contributed by atoms with van der Waals surface area (Å²) < 4.78 is 0. The fourth-order valence-corrected chi connectivity index (χ4v) is 1.30. The highest BCUT2D eigenvalue weighted by atomic mass is 16.3. The summed E-state index contributed by atoms with van der Waals surface area (Å²) in [5.74, 6) is 1.04. The molecule has 1 atom stereocenters. The van der Waals surface area contributed by atoms with Crippen molar-refractivity contribution in [3.05, 3.63) is 0 Å². The first-order valence-electron chi connectivity index (χ1n) is 5.63. The van der Waals surface area contributed by atoms with Gasteiger partial charge in [0.2, 0.25) is 17.8 Å². The van der Waals surface area contributed by atoms with Gasteiger partial charge in [-0.2, -0.15) is 15.0 Å². The summed E-state index contributed by atoms with van der Waals surface area (Å²) in [7, 11) is 3.65. The van der Waals surface area contributed by atoms with E-state index in [1.54, 1.807) is 4.90 Å². The summed E-state index contributed by atoms with van der Waals surface area (Å²) in [5, 5.41) is 12.5. The summed E-state index contributed by atoms with van der Waals surface area (Å²) in [6.45, 7) is 2.43. The Bertz CT molecular complexity index is 357. The van der Waals surface area contributed by atoms with E-state index in [2.05, 4.69) is 20.3 Å². The maximum absolute atomic E-state index is 9.58. The Labute approximate surface area is 101 Å². The number of nitrogen functional groups attached to an aromatic ring is 1. The van der Waals surface area contributed by atoms with E-state index in [4.69, 9.17) is 5.73 Å². The second kappa shape index (κ2) is 6.19. The Morgan fingerprint density at radius 3 is 2.65 bits per heavy atom. The molecule has 1 heterocycles. The quantitative estimate of drug-likeness (QED) is 0.648. The van der Waals surface area contributed by atoms with Crippen LogP contribution in [-0.4, -0.2) is 46.8 Å². The van der Waals surface area contributed by atoms with Crippen molar-refractivity contribution in [1.29, 1.82) is 0 Å². The first kappa shape index (κ1) is 13.4. The number of hydrogen-bond acceptors (Lipinski definition) is 7. The number of aliphatic hydroxyl groups excluding tert-OH is 1. The first-order chi connectivity index (χ1) is 8.02. The zero-order chi connectivity index (χ0) is 12.8. The Hall–Kier alpha value is -1.63. The van der Waals surface area contributed by atoms with Gasteiger partial charge in [-0.3, -0.25) is 0 Å².